The van der Waals surface area contributed by atoms with E-state index in [1.165, 1.54) is 16.7 Å². The molecule has 0 radical (unpaired) electrons. The summed E-state index contributed by atoms with van der Waals surface area (Å²) in [6.07, 6.45) is 0. The van der Waals surface area contributed by atoms with Gasteiger partial charge in [-0.1, -0.05) is 50.6 Å². The highest BCUT2D eigenvalue weighted by atomic mass is 16.2. The van der Waals surface area contributed by atoms with E-state index in [2.05, 4.69) is 32.9 Å². The monoisotopic (exact) mass is 273 g/mol. The maximum atomic E-state index is 12.7. The number of carbonyl (C=O) groups is 1. The third-order valence-corrected chi connectivity index (χ3v) is 3.60. The van der Waals surface area contributed by atoms with E-state index < -0.39 is 0 Å². The average molecular weight is 273 g/mol. The fraction of sp³-hybridized carbons (Fsp3) is 0.500. The molecule has 0 aliphatic heterocycles. The quantitative estimate of drug-likeness (QED) is 0.782. The first kappa shape index (κ1) is 16.5. The molecule has 0 saturated carbocycles. The van der Waals surface area contributed by atoms with Gasteiger partial charge >= 0.3 is 0 Å². The number of hydrogen-bond donors (Lipinski definition) is 0. The topological polar surface area (TPSA) is 20.3 Å². The average Bonchev–Trinajstić information content (AvgIpc) is 2.35. The van der Waals surface area contributed by atoms with Crippen molar-refractivity contribution < 1.29 is 4.79 Å². The lowest BCUT2D eigenvalue weighted by Crippen LogP contribution is -2.38. The first-order chi connectivity index (χ1) is 9.14. The molecule has 1 aromatic carbocycles. The van der Waals surface area contributed by atoms with Crippen molar-refractivity contribution in [3.63, 3.8) is 0 Å². The fourth-order valence-electron chi connectivity index (χ4n) is 1.98. The van der Waals surface area contributed by atoms with Crippen LogP contribution >= 0.6 is 0 Å². The first-order valence-electron chi connectivity index (χ1n) is 7.15. The molecule has 110 valence electrons. The number of rotatable bonds is 3. The lowest BCUT2D eigenvalue weighted by atomic mass is 9.93. The van der Waals surface area contributed by atoms with Crippen molar-refractivity contribution in [2.75, 3.05) is 0 Å². The van der Waals surface area contributed by atoms with Gasteiger partial charge in [-0.25, -0.2) is 0 Å². The van der Waals surface area contributed by atoms with Crippen LogP contribution in [0.2, 0.25) is 0 Å². The second-order valence-corrected chi connectivity index (χ2v) is 6.65. The van der Waals surface area contributed by atoms with E-state index in [4.69, 9.17) is 0 Å². The molecule has 2 nitrogen and oxygen atoms in total. The van der Waals surface area contributed by atoms with Crippen molar-refractivity contribution in [2.24, 2.45) is 5.41 Å². The maximum absolute atomic E-state index is 12.7. The second-order valence-electron chi connectivity index (χ2n) is 6.65. The van der Waals surface area contributed by atoms with Crippen molar-refractivity contribution in [1.82, 2.24) is 4.90 Å². The summed E-state index contributed by atoms with van der Waals surface area (Å²) >= 11 is 0. The minimum atomic E-state index is -0.376. The highest BCUT2D eigenvalue weighted by molar-refractivity contribution is 5.83. The minimum absolute atomic E-state index is 0.166. The largest absolute Gasteiger partial charge is 0.312 e. The molecule has 0 fully saturated rings. The van der Waals surface area contributed by atoms with Crippen molar-refractivity contribution >= 4 is 5.91 Å². The lowest BCUT2D eigenvalue weighted by molar-refractivity contribution is -0.138. The van der Waals surface area contributed by atoms with Gasteiger partial charge in [0, 0.05) is 11.1 Å². The Morgan fingerprint density at radius 3 is 2.10 bits per heavy atom. The Balaban J connectivity index is 3.17. The third-order valence-electron chi connectivity index (χ3n) is 3.60. The molecule has 0 saturated heterocycles. The van der Waals surface area contributed by atoms with Gasteiger partial charge in [-0.05, 0) is 38.8 Å². The van der Waals surface area contributed by atoms with Crippen LogP contribution < -0.4 is 0 Å². The van der Waals surface area contributed by atoms with Crippen LogP contribution in [0.1, 0.15) is 52.7 Å². The Kier molecular flexibility index (Phi) is 5.15. The van der Waals surface area contributed by atoms with Crippen LogP contribution in [0.15, 0.2) is 35.5 Å². The smallest absolute Gasteiger partial charge is 0.232 e. The van der Waals surface area contributed by atoms with Gasteiger partial charge in [0.25, 0.3) is 0 Å². The van der Waals surface area contributed by atoms with E-state index in [1.54, 1.807) is 0 Å². The molecule has 0 aliphatic carbocycles. The van der Waals surface area contributed by atoms with E-state index in [1.807, 2.05) is 44.7 Å². The zero-order valence-corrected chi connectivity index (χ0v) is 13.9. The summed E-state index contributed by atoms with van der Waals surface area (Å²) in [5.74, 6) is 0.166. The Bertz CT molecular complexity index is 516. The summed E-state index contributed by atoms with van der Waals surface area (Å²) in [6, 6.07) is 8.24. The molecule has 0 bridgehead atoms. The van der Waals surface area contributed by atoms with Gasteiger partial charge in [-0.2, -0.15) is 0 Å². The van der Waals surface area contributed by atoms with Gasteiger partial charge in [0.2, 0.25) is 5.91 Å². The van der Waals surface area contributed by atoms with Crippen LogP contribution in [0.3, 0.4) is 0 Å². The normalized spacial score (nSPS) is 11.2. The fourth-order valence-corrected chi connectivity index (χ4v) is 1.98. The molecule has 0 aliphatic rings. The first-order valence-corrected chi connectivity index (χ1v) is 7.15. The number of nitrogens with zero attached hydrogens (tertiary/aromatic N) is 1. The molecule has 0 heterocycles. The van der Waals surface area contributed by atoms with Gasteiger partial charge in [-0.15, -0.1) is 0 Å². The summed E-state index contributed by atoms with van der Waals surface area (Å²) in [5.41, 5.74) is 4.27. The molecule has 0 atom stereocenters. The van der Waals surface area contributed by atoms with Crippen molar-refractivity contribution in [2.45, 2.75) is 55.0 Å². The van der Waals surface area contributed by atoms with Crippen LogP contribution in [-0.2, 0) is 11.3 Å². The second kappa shape index (κ2) is 6.25. The summed E-state index contributed by atoms with van der Waals surface area (Å²) < 4.78 is 0. The molecule has 0 unspecified atom stereocenters. The molecular weight excluding hydrogens is 246 g/mol. The van der Waals surface area contributed by atoms with Crippen LogP contribution in [-0.4, -0.2) is 10.8 Å². The zero-order valence-electron chi connectivity index (χ0n) is 13.9. The molecule has 1 amide bonds. The number of amides is 1. The van der Waals surface area contributed by atoms with Gasteiger partial charge in [0.05, 0.1) is 6.54 Å². The van der Waals surface area contributed by atoms with Crippen molar-refractivity contribution in [3.8, 4) is 0 Å². The van der Waals surface area contributed by atoms with Crippen molar-refractivity contribution in [1.29, 1.82) is 0 Å². The summed E-state index contributed by atoms with van der Waals surface area (Å²) in [4.78, 5) is 14.6. The molecule has 0 spiro atoms. The maximum Gasteiger partial charge on any atom is 0.232 e. The minimum Gasteiger partial charge on any atom is -0.312 e. The lowest BCUT2D eigenvalue weighted by Gasteiger charge is -2.31. The van der Waals surface area contributed by atoms with E-state index >= 15 is 0 Å². The number of aryl methyl sites for hydroxylation is 1. The molecule has 20 heavy (non-hydrogen) atoms. The van der Waals surface area contributed by atoms with E-state index in [-0.39, 0.29) is 11.3 Å². The standard InChI is InChI=1S/C18H27NO/c1-13(2)15(4)19(17(20)18(5,6)7)12-16-11-9-8-10-14(16)3/h8-11H,12H2,1-7H3. The SMILES string of the molecule is CC(C)=C(C)N(Cc1ccccc1C)C(=O)C(C)(C)C. The van der Waals surface area contributed by atoms with Crippen LogP contribution in [0, 0.1) is 12.3 Å². The predicted molar refractivity (Wildman–Crippen MR) is 85.2 cm³/mol. The summed E-state index contributed by atoms with van der Waals surface area (Å²) in [7, 11) is 0. The summed E-state index contributed by atoms with van der Waals surface area (Å²) in [5, 5.41) is 0. The van der Waals surface area contributed by atoms with E-state index in [0.29, 0.717) is 6.54 Å². The van der Waals surface area contributed by atoms with Crippen molar-refractivity contribution in [3.05, 3.63) is 46.7 Å². The molecular formula is C18H27NO. The number of benzene rings is 1. The highest BCUT2D eigenvalue weighted by Gasteiger charge is 2.28. The van der Waals surface area contributed by atoms with Gasteiger partial charge in [0.15, 0.2) is 0 Å². The van der Waals surface area contributed by atoms with Gasteiger partial charge in [0.1, 0.15) is 0 Å². The third kappa shape index (κ3) is 3.96. The van der Waals surface area contributed by atoms with Gasteiger partial charge < -0.3 is 4.90 Å². The van der Waals surface area contributed by atoms with E-state index in [9.17, 15) is 4.79 Å². The Morgan fingerprint density at radius 2 is 1.65 bits per heavy atom. The molecule has 0 aromatic heterocycles. The zero-order chi connectivity index (χ0) is 15.5. The van der Waals surface area contributed by atoms with Crippen LogP contribution in [0.25, 0.3) is 0 Å². The number of hydrogen-bond acceptors (Lipinski definition) is 1. The number of carbonyl (C=O) groups excluding carboxylic acids is 1. The Morgan fingerprint density at radius 1 is 1.10 bits per heavy atom. The predicted octanol–water partition coefficient (Wildman–Crippen LogP) is 4.68. The van der Waals surface area contributed by atoms with Gasteiger partial charge in [-0.3, -0.25) is 4.79 Å². The number of allylic oxidation sites excluding steroid dienone is 2. The molecule has 1 rings (SSSR count). The Labute approximate surface area is 123 Å². The molecule has 2 heteroatoms. The van der Waals surface area contributed by atoms with E-state index in [0.717, 1.165) is 5.70 Å². The molecule has 0 N–H and O–H groups in total. The highest BCUT2D eigenvalue weighted by Crippen LogP contribution is 2.24. The summed E-state index contributed by atoms with van der Waals surface area (Å²) in [6.45, 7) is 14.8. The van der Waals surface area contributed by atoms with Crippen LogP contribution in [0.5, 0.6) is 0 Å². The Hall–Kier alpha value is -1.57. The molecule has 1 aromatic rings. The van der Waals surface area contributed by atoms with Crippen LogP contribution in [0.4, 0.5) is 0 Å².